The smallest absolute Gasteiger partial charge is 0.338 e. The van der Waals surface area contributed by atoms with Crippen molar-refractivity contribution in [3.05, 3.63) is 58.1 Å². The van der Waals surface area contributed by atoms with Gasteiger partial charge in [0, 0.05) is 4.47 Å². The number of aliphatic imine (C=N–C) groups is 1. The first kappa shape index (κ1) is 18.3. The van der Waals surface area contributed by atoms with Crippen molar-refractivity contribution >= 4 is 45.0 Å². The van der Waals surface area contributed by atoms with E-state index in [9.17, 15) is 4.79 Å². The first-order valence-electron chi connectivity index (χ1n) is 7.02. The summed E-state index contributed by atoms with van der Waals surface area (Å²) in [6.45, 7) is 0.321. The molecule has 0 radical (unpaired) electrons. The number of halogens is 2. The fraction of sp³-hybridized carbons (Fsp3) is 0.176. The number of ether oxygens (including phenoxy) is 2. The summed E-state index contributed by atoms with van der Waals surface area (Å²) in [5, 5.41) is 0. The number of amidine groups is 1. The van der Waals surface area contributed by atoms with Crippen LogP contribution in [0.2, 0.25) is 0 Å². The van der Waals surface area contributed by atoms with Gasteiger partial charge in [-0.2, -0.15) is 0 Å². The fourth-order valence-corrected chi connectivity index (χ4v) is 2.53. The maximum atomic E-state index is 11.8. The zero-order valence-corrected chi connectivity index (χ0v) is 15.3. The SMILES string of the molecule is COC(=O)c1cc(Br)c(N=C(N)CCl)c(OCc2ccccc2)c1. The van der Waals surface area contributed by atoms with E-state index in [4.69, 9.17) is 26.8 Å². The summed E-state index contributed by atoms with van der Waals surface area (Å²) in [5.74, 6) is 0.263. The van der Waals surface area contributed by atoms with E-state index in [1.807, 2.05) is 30.3 Å². The molecule has 0 heterocycles. The van der Waals surface area contributed by atoms with Crippen molar-refractivity contribution in [2.75, 3.05) is 13.0 Å². The van der Waals surface area contributed by atoms with Crippen LogP contribution in [0.4, 0.5) is 5.69 Å². The molecule has 0 atom stereocenters. The molecule has 0 aliphatic rings. The van der Waals surface area contributed by atoms with E-state index in [0.717, 1.165) is 5.56 Å². The molecule has 2 aromatic rings. The first-order chi connectivity index (χ1) is 11.5. The highest BCUT2D eigenvalue weighted by Crippen LogP contribution is 2.37. The van der Waals surface area contributed by atoms with Crippen LogP contribution >= 0.6 is 27.5 Å². The van der Waals surface area contributed by atoms with Gasteiger partial charge in [0.25, 0.3) is 0 Å². The third-order valence-corrected chi connectivity index (χ3v) is 3.96. The predicted molar refractivity (Wildman–Crippen MR) is 98.3 cm³/mol. The van der Waals surface area contributed by atoms with Crippen molar-refractivity contribution in [1.29, 1.82) is 0 Å². The number of hydrogen-bond acceptors (Lipinski definition) is 4. The molecule has 0 amide bonds. The Morgan fingerprint density at radius 2 is 2.00 bits per heavy atom. The number of esters is 1. The Morgan fingerprint density at radius 1 is 1.29 bits per heavy atom. The zero-order chi connectivity index (χ0) is 17.5. The molecule has 24 heavy (non-hydrogen) atoms. The van der Waals surface area contributed by atoms with Crippen molar-refractivity contribution < 1.29 is 14.3 Å². The topological polar surface area (TPSA) is 73.9 Å². The minimum absolute atomic E-state index is 0.0866. The van der Waals surface area contributed by atoms with E-state index in [2.05, 4.69) is 20.9 Å². The maximum Gasteiger partial charge on any atom is 0.338 e. The predicted octanol–water partition coefficient (Wildman–Crippen LogP) is 4.04. The second kappa shape index (κ2) is 8.70. The van der Waals surface area contributed by atoms with Crippen LogP contribution in [0, 0.1) is 0 Å². The quantitative estimate of drug-likeness (QED) is 0.337. The molecule has 0 spiro atoms. The number of nitrogens with zero attached hydrogens (tertiary/aromatic N) is 1. The van der Waals surface area contributed by atoms with E-state index >= 15 is 0 Å². The second-order valence-corrected chi connectivity index (χ2v) is 5.93. The largest absolute Gasteiger partial charge is 0.487 e. The van der Waals surface area contributed by atoms with E-state index in [1.54, 1.807) is 12.1 Å². The lowest BCUT2D eigenvalue weighted by atomic mass is 10.2. The molecule has 0 saturated heterocycles. The molecule has 7 heteroatoms. The summed E-state index contributed by atoms with van der Waals surface area (Å²) in [6.07, 6.45) is 0. The number of hydrogen-bond donors (Lipinski definition) is 1. The monoisotopic (exact) mass is 410 g/mol. The van der Waals surface area contributed by atoms with Crippen molar-refractivity contribution in [2.24, 2.45) is 10.7 Å². The van der Waals surface area contributed by atoms with Gasteiger partial charge < -0.3 is 15.2 Å². The van der Waals surface area contributed by atoms with Gasteiger partial charge >= 0.3 is 5.97 Å². The van der Waals surface area contributed by atoms with Gasteiger partial charge in [-0.1, -0.05) is 30.3 Å². The number of alkyl halides is 1. The van der Waals surface area contributed by atoms with Crippen molar-refractivity contribution in [3.63, 3.8) is 0 Å². The lowest BCUT2D eigenvalue weighted by Crippen LogP contribution is -2.12. The molecule has 0 aliphatic heterocycles. The zero-order valence-electron chi connectivity index (χ0n) is 13.0. The molecule has 126 valence electrons. The average molecular weight is 412 g/mol. The molecular weight excluding hydrogens is 396 g/mol. The number of nitrogens with two attached hydrogens (primary N) is 1. The Morgan fingerprint density at radius 3 is 2.62 bits per heavy atom. The van der Waals surface area contributed by atoms with Crippen molar-refractivity contribution in [1.82, 2.24) is 0 Å². The third kappa shape index (κ3) is 4.72. The Balaban J connectivity index is 2.40. The van der Waals surface area contributed by atoms with Crippen molar-refractivity contribution in [3.8, 4) is 5.75 Å². The molecular formula is C17H16BrClN2O3. The summed E-state index contributed by atoms with van der Waals surface area (Å²) in [5.41, 5.74) is 7.52. The Bertz CT molecular complexity index is 751. The lowest BCUT2D eigenvalue weighted by molar-refractivity contribution is 0.0600. The molecule has 5 nitrogen and oxygen atoms in total. The Hall–Kier alpha value is -2.05. The summed E-state index contributed by atoms with van der Waals surface area (Å²) in [7, 11) is 1.32. The molecule has 2 aromatic carbocycles. The third-order valence-electron chi connectivity index (χ3n) is 3.08. The van der Waals surface area contributed by atoms with Gasteiger partial charge in [-0.05, 0) is 33.6 Å². The van der Waals surface area contributed by atoms with E-state index in [-0.39, 0.29) is 11.7 Å². The summed E-state index contributed by atoms with van der Waals surface area (Å²) < 4.78 is 11.2. The highest BCUT2D eigenvalue weighted by molar-refractivity contribution is 9.10. The van der Waals surface area contributed by atoms with Gasteiger partial charge in [-0.15, -0.1) is 11.6 Å². The van der Waals surface area contributed by atoms with Crippen LogP contribution in [0.25, 0.3) is 0 Å². The number of carbonyl (C=O) groups is 1. The van der Waals surface area contributed by atoms with Crippen LogP contribution in [0.15, 0.2) is 51.9 Å². The van der Waals surface area contributed by atoms with Crippen molar-refractivity contribution in [2.45, 2.75) is 6.61 Å². The molecule has 0 bridgehead atoms. The van der Waals surface area contributed by atoms with Gasteiger partial charge in [0.05, 0.1) is 18.6 Å². The first-order valence-corrected chi connectivity index (χ1v) is 8.35. The summed E-state index contributed by atoms with van der Waals surface area (Å²) in [4.78, 5) is 16.1. The molecule has 0 aliphatic carbocycles. The Kier molecular flexibility index (Phi) is 6.63. The van der Waals surface area contributed by atoms with Gasteiger partial charge in [-0.3, -0.25) is 0 Å². The van der Waals surface area contributed by atoms with Crippen LogP contribution < -0.4 is 10.5 Å². The maximum absolute atomic E-state index is 11.8. The second-order valence-electron chi connectivity index (χ2n) is 4.81. The minimum atomic E-state index is -0.471. The normalized spacial score (nSPS) is 11.2. The fourth-order valence-electron chi connectivity index (χ4n) is 1.94. The summed E-state index contributed by atoms with van der Waals surface area (Å²) in [6, 6.07) is 12.8. The number of benzene rings is 2. The van der Waals surface area contributed by atoms with Crippen LogP contribution in [-0.4, -0.2) is 24.8 Å². The molecule has 0 unspecified atom stereocenters. The van der Waals surface area contributed by atoms with E-state index in [0.29, 0.717) is 28.1 Å². The number of carbonyl (C=O) groups excluding carboxylic acids is 1. The van der Waals surface area contributed by atoms with Gasteiger partial charge in [0.1, 0.15) is 23.9 Å². The standard InChI is InChI=1S/C17H16BrClN2O3/c1-23-17(22)12-7-13(18)16(21-15(20)9-19)14(8-12)24-10-11-5-3-2-4-6-11/h2-8H,9-10H2,1H3,(H2,20,21). The summed E-state index contributed by atoms with van der Waals surface area (Å²) >= 11 is 9.08. The molecule has 0 aromatic heterocycles. The van der Waals surface area contributed by atoms with Gasteiger partial charge in [-0.25, -0.2) is 9.79 Å². The Labute approximate surface area is 153 Å². The number of rotatable bonds is 6. The lowest BCUT2D eigenvalue weighted by Gasteiger charge is -2.13. The van der Waals surface area contributed by atoms with Crippen LogP contribution in [0.3, 0.4) is 0 Å². The van der Waals surface area contributed by atoms with E-state index < -0.39 is 5.97 Å². The highest BCUT2D eigenvalue weighted by Gasteiger charge is 2.15. The molecule has 0 fully saturated rings. The van der Waals surface area contributed by atoms with Crippen LogP contribution in [0.5, 0.6) is 5.75 Å². The average Bonchev–Trinajstić information content (AvgIpc) is 2.61. The van der Waals surface area contributed by atoms with Gasteiger partial charge in [0.15, 0.2) is 0 Å². The van der Waals surface area contributed by atoms with Crippen LogP contribution in [0.1, 0.15) is 15.9 Å². The molecule has 0 saturated carbocycles. The minimum Gasteiger partial charge on any atom is -0.487 e. The molecule has 2 rings (SSSR count). The van der Waals surface area contributed by atoms with E-state index in [1.165, 1.54) is 7.11 Å². The molecule has 2 N–H and O–H groups in total. The number of methoxy groups -OCH3 is 1. The van der Waals surface area contributed by atoms with Crippen LogP contribution in [-0.2, 0) is 11.3 Å². The van der Waals surface area contributed by atoms with Gasteiger partial charge in [0.2, 0.25) is 0 Å². The highest BCUT2D eigenvalue weighted by atomic mass is 79.9.